The van der Waals surface area contributed by atoms with Gasteiger partial charge in [0.25, 0.3) is 0 Å². The molecule has 154 valence electrons. The number of carboxylic acid groups (broad SMARTS) is 1. The number of aromatic nitrogens is 2. The molecule has 0 saturated carbocycles. The average molecular weight is 382 g/mol. The molecule has 0 radical (unpaired) electrons. The lowest BCUT2D eigenvalue weighted by molar-refractivity contribution is -0.138. The third kappa shape index (κ3) is 9.53. The van der Waals surface area contributed by atoms with Crippen LogP contribution in [0.25, 0.3) is 0 Å². The molecule has 1 amide bonds. The molecule has 0 aliphatic rings. The van der Waals surface area contributed by atoms with Gasteiger partial charge in [-0.2, -0.15) is 5.10 Å². The Balaban J connectivity index is 2.33. The van der Waals surface area contributed by atoms with Gasteiger partial charge in [-0.25, -0.2) is 0 Å². The molecule has 1 rings (SSSR count). The van der Waals surface area contributed by atoms with Crippen LogP contribution in [-0.2, 0) is 16.1 Å². The highest BCUT2D eigenvalue weighted by molar-refractivity contribution is 5.75. The molecule has 1 aromatic heterocycles. The predicted molar refractivity (Wildman–Crippen MR) is 106 cm³/mol. The second-order valence-corrected chi connectivity index (χ2v) is 6.80. The Bertz CT molecular complexity index is 584. The molecule has 2 N–H and O–H groups in total. The lowest BCUT2D eigenvalue weighted by Crippen LogP contribution is -2.36. The Morgan fingerprint density at radius 1 is 1.15 bits per heavy atom. The number of nitrogens with one attached hydrogen (secondary N) is 1. The van der Waals surface area contributed by atoms with Crippen molar-refractivity contribution in [3.8, 4) is 0 Å². The van der Waals surface area contributed by atoms with Crippen molar-refractivity contribution in [1.82, 2.24) is 24.9 Å². The fourth-order valence-electron chi connectivity index (χ4n) is 3.04. The van der Waals surface area contributed by atoms with Crippen molar-refractivity contribution in [3.63, 3.8) is 0 Å². The van der Waals surface area contributed by atoms with Gasteiger partial charge in [-0.3, -0.25) is 19.2 Å². The van der Waals surface area contributed by atoms with Gasteiger partial charge in [0.15, 0.2) is 0 Å². The van der Waals surface area contributed by atoms with Gasteiger partial charge < -0.3 is 15.3 Å². The lowest BCUT2D eigenvalue weighted by atomic mass is 10.2. The van der Waals surface area contributed by atoms with Gasteiger partial charge in [-0.1, -0.05) is 13.8 Å². The first-order chi connectivity index (χ1) is 12.8. The van der Waals surface area contributed by atoms with E-state index < -0.39 is 5.97 Å². The maximum atomic E-state index is 12.0. The molecule has 8 nitrogen and oxygen atoms in total. The summed E-state index contributed by atoms with van der Waals surface area (Å²) in [6, 6.07) is 2.00. The second kappa shape index (κ2) is 12.5. The topological polar surface area (TPSA) is 90.7 Å². The molecular weight excluding hydrogens is 346 g/mol. The van der Waals surface area contributed by atoms with Crippen LogP contribution in [0.2, 0.25) is 0 Å². The van der Waals surface area contributed by atoms with Crippen LogP contribution < -0.4 is 5.32 Å². The fraction of sp³-hybridized carbons (Fsp3) is 0.737. The summed E-state index contributed by atoms with van der Waals surface area (Å²) in [7, 11) is 0. The highest BCUT2D eigenvalue weighted by Gasteiger charge is 2.12. The number of hydrogen-bond donors (Lipinski definition) is 2. The van der Waals surface area contributed by atoms with Gasteiger partial charge in [0, 0.05) is 31.7 Å². The Morgan fingerprint density at radius 3 is 2.41 bits per heavy atom. The number of likely N-dealkylation sites (N-methyl/N-ethyl adjacent to an activating group) is 1. The molecule has 0 bridgehead atoms. The van der Waals surface area contributed by atoms with Crippen LogP contribution in [0.4, 0.5) is 0 Å². The Labute approximate surface area is 162 Å². The minimum absolute atomic E-state index is 0.0241. The summed E-state index contributed by atoms with van der Waals surface area (Å²) >= 11 is 0. The van der Waals surface area contributed by atoms with E-state index in [1.54, 1.807) is 0 Å². The van der Waals surface area contributed by atoms with Crippen molar-refractivity contribution in [2.24, 2.45) is 0 Å². The van der Waals surface area contributed by atoms with Gasteiger partial charge in [0.1, 0.15) is 0 Å². The number of aryl methyl sites for hydroxylation is 2. The molecule has 0 fully saturated rings. The van der Waals surface area contributed by atoms with Crippen molar-refractivity contribution in [3.05, 3.63) is 17.5 Å². The van der Waals surface area contributed by atoms with E-state index in [1.165, 1.54) is 0 Å². The van der Waals surface area contributed by atoms with Crippen molar-refractivity contribution >= 4 is 11.9 Å². The van der Waals surface area contributed by atoms with Gasteiger partial charge in [-0.05, 0) is 46.0 Å². The molecule has 1 aromatic rings. The van der Waals surface area contributed by atoms with Crippen molar-refractivity contribution in [1.29, 1.82) is 0 Å². The maximum absolute atomic E-state index is 12.0. The number of carbonyl (C=O) groups is 2. The van der Waals surface area contributed by atoms with Gasteiger partial charge >= 0.3 is 5.97 Å². The zero-order valence-corrected chi connectivity index (χ0v) is 17.2. The molecule has 0 aromatic carbocycles. The SMILES string of the molecule is CCN(CC)CCNC(=O)CCCN(CCn1nc(C)cc1C)CC(=O)O. The van der Waals surface area contributed by atoms with E-state index in [0.717, 1.165) is 31.0 Å². The molecule has 0 aliphatic heterocycles. The zero-order chi connectivity index (χ0) is 20.2. The van der Waals surface area contributed by atoms with Crippen LogP contribution in [-0.4, -0.2) is 82.4 Å². The minimum Gasteiger partial charge on any atom is -0.480 e. The van der Waals surface area contributed by atoms with Crippen LogP contribution >= 0.6 is 0 Å². The summed E-state index contributed by atoms with van der Waals surface area (Å²) in [6.45, 7) is 13.4. The smallest absolute Gasteiger partial charge is 0.317 e. The molecule has 0 spiro atoms. The highest BCUT2D eigenvalue weighted by Crippen LogP contribution is 2.03. The number of amides is 1. The maximum Gasteiger partial charge on any atom is 0.317 e. The first-order valence-corrected chi connectivity index (χ1v) is 9.79. The summed E-state index contributed by atoms with van der Waals surface area (Å²) in [6.07, 6.45) is 1.05. The summed E-state index contributed by atoms with van der Waals surface area (Å²) in [5.74, 6) is -0.831. The normalized spacial score (nSPS) is 11.3. The van der Waals surface area contributed by atoms with E-state index in [2.05, 4.69) is 29.2 Å². The molecule has 0 saturated heterocycles. The zero-order valence-electron chi connectivity index (χ0n) is 17.2. The molecule has 0 atom stereocenters. The van der Waals surface area contributed by atoms with Crippen LogP contribution in [0.1, 0.15) is 38.1 Å². The van der Waals surface area contributed by atoms with Gasteiger partial charge in [0.05, 0.1) is 18.8 Å². The Morgan fingerprint density at radius 2 is 1.85 bits per heavy atom. The number of hydrogen-bond acceptors (Lipinski definition) is 5. The van der Waals surface area contributed by atoms with E-state index in [0.29, 0.717) is 39.0 Å². The van der Waals surface area contributed by atoms with E-state index in [9.17, 15) is 9.59 Å². The molecule has 8 heteroatoms. The monoisotopic (exact) mass is 381 g/mol. The molecule has 1 heterocycles. The largest absolute Gasteiger partial charge is 0.480 e. The van der Waals surface area contributed by atoms with Crippen LogP contribution in [0.5, 0.6) is 0 Å². The van der Waals surface area contributed by atoms with Gasteiger partial charge in [-0.15, -0.1) is 0 Å². The van der Waals surface area contributed by atoms with Crippen molar-refractivity contribution in [2.45, 2.75) is 47.1 Å². The van der Waals surface area contributed by atoms with E-state index in [-0.39, 0.29) is 12.5 Å². The Kier molecular flexibility index (Phi) is 10.7. The molecule has 0 unspecified atom stereocenters. The molecular formula is C19H35N5O3. The first kappa shape index (κ1) is 23.1. The van der Waals surface area contributed by atoms with E-state index in [4.69, 9.17) is 5.11 Å². The van der Waals surface area contributed by atoms with E-state index in [1.807, 2.05) is 29.5 Å². The lowest BCUT2D eigenvalue weighted by Gasteiger charge is -2.21. The van der Waals surface area contributed by atoms with Crippen LogP contribution in [0.15, 0.2) is 6.07 Å². The summed E-state index contributed by atoms with van der Waals surface area (Å²) < 4.78 is 1.89. The number of carbonyl (C=O) groups excluding carboxylic acids is 1. The van der Waals surface area contributed by atoms with Gasteiger partial charge in [0.2, 0.25) is 5.91 Å². The number of rotatable bonds is 14. The molecule has 0 aliphatic carbocycles. The first-order valence-electron chi connectivity index (χ1n) is 9.79. The Hall–Kier alpha value is -1.93. The fourth-order valence-corrected chi connectivity index (χ4v) is 3.04. The van der Waals surface area contributed by atoms with Crippen LogP contribution in [0, 0.1) is 13.8 Å². The number of nitrogens with zero attached hydrogens (tertiary/aromatic N) is 4. The summed E-state index contributed by atoms with van der Waals surface area (Å²) in [5.41, 5.74) is 2.02. The average Bonchev–Trinajstić information content (AvgIpc) is 2.93. The van der Waals surface area contributed by atoms with E-state index >= 15 is 0 Å². The number of carboxylic acids is 1. The number of aliphatic carboxylic acids is 1. The van der Waals surface area contributed by atoms with Crippen molar-refractivity contribution < 1.29 is 14.7 Å². The second-order valence-electron chi connectivity index (χ2n) is 6.80. The third-order valence-corrected chi connectivity index (χ3v) is 4.61. The predicted octanol–water partition coefficient (Wildman–Crippen LogP) is 1.12. The quantitative estimate of drug-likeness (QED) is 0.502. The van der Waals surface area contributed by atoms with Crippen LogP contribution in [0.3, 0.4) is 0 Å². The highest BCUT2D eigenvalue weighted by atomic mass is 16.4. The minimum atomic E-state index is -0.855. The standard InChI is InChI=1S/C19H35N5O3/c1-5-22(6-2)11-9-20-18(25)8-7-10-23(15-19(26)27)12-13-24-17(4)14-16(3)21-24/h14H,5-13,15H2,1-4H3,(H,20,25)(H,26,27). The molecule has 27 heavy (non-hydrogen) atoms. The third-order valence-electron chi connectivity index (χ3n) is 4.61. The summed E-state index contributed by atoms with van der Waals surface area (Å²) in [4.78, 5) is 27.2. The van der Waals surface area contributed by atoms with Crippen molar-refractivity contribution in [2.75, 3.05) is 45.8 Å². The summed E-state index contributed by atoms with van der Waals surface area (Å²) in [5, 5.41) is 16.5.